The Balaban J connectivity index is 2.64. The highest BCUT2D eigenvalue weighted by Gasteiger charge is 2.14. The van der Waals surface area contributed by atoms with Gasteiger partial charge in [0.05, 0.1) is 5.52 Å². The summed E-state index contributed by atoms with van der Waals surface area (Å²) in [5.74, 6) is 0. The summed E-state index contributed by atoms with van der Waals surface area (Å²) in [6, 6.07) is 9.35. The summed E-state index contributed by atoms with van der Waals surface area (Å²) in [4.78, 5) is 14.4. The van der Waals surface area contributed by atoms with E-state index in [4.69, 9.17) is 9.68 Å². The number of furan rings is 1. The maximum absolute atomic E-state index is 11.7. The zero-order valence-electron chi connectivity index (χ0n) is 9.07. The average molecular weight is 224 g/mol. The molecule has 0 atom stereocenters. The molecule has 1 N–H and O–H groups in total. The molecule has 0 saturated carbocycles. The van der Waals surface area contributed by atoms with Gasteiger partial charge in [-0.05, 0) is 19.1 Å². The molecule has 0 radical (unpaired) electrons. The third kappa shape index (κ3) is 1.20. The zero-order chi connectivity index (χ0) is 12.0. The van der Waals surface area contributed by atoms with E-state index in [0.717, 1.165) is 5.39 Å². The van der Waals surface area contributed by atoms with Crippen LogP contribution in [0.25, 0.3) is 22.1 Å². The van der Waals surface area contributed by atoms with Gasteiger partial charge in [0.1, 0.15) is 17.2 Å². The van der Waals surface area contributed by atoms with Gasteiger partial charge in [0, 0.05) is 10.9 Å². The Kier molecular flexibility index (Phi) is 1.83. The molecule has 4 heteroatoms. The highest BCUT2D eigenvalue weighted by atomic mass is 16.3. The number of nitrogens with one attached hydrogen (secondary N) is 1. The van der Waals surface area contributed by atoms with Crippen molar-refractivity contribution in [3.63, 3.8) is 0 Å². The third-order valence-electron chi connectivity index (χ3n) is 2.89. The Morgan fingerprint density at radius 3 is 2.88 bits per heavy atom. The van der Waals surface area contributed by atoms with Gasteiger partial charge in [0.25, 0.3) is 5.56 Å². The topological polar surface area (TPSA) is 69.8 Å². The zero-order valence-corrected chi connectivity index (χ0v) is 9.07. The maximum atomic E-state index is 11.7. The van der Waals surface area contributed by atoms with E-state index < -0.39 is 0 Å². The number of hydrogen-bond acceptors (Lipinski definition) is 3. The fourth-order valence-corrected chi connectivity index (χ4v) is 2.03. The molecule has 0 bridgehead atoms. The van der Waals surface area contributed by atoms with E-state index in [1.54, 1.807) is 6.92 Å². The molecular weight excluding hydrogens is 216 g/mol. The number of H-pyrrole nitrogens is 1. The molecule has 82 valence electrons. The Morgan fingerprint density at radius 1 is 1.35 bits per heavy atom. The monoisotopic (exact) mass is 224 g/mol. The van der Waals surface area contributed by atoms with Crippen LogP contribution in [0.15, 0.2) is 33.5 Å². The standard InChI is InChI=1S/C13H8N2O2/c1-7-9(6-14)13(16)15-11-8-4-2-3-5-10(8)17-12(7)11/h2-5H,1H3,(H,15,16). The fourth-order valence-electron chi connectivity index (χ4n) is 2.03. The van der Waals surface area contributed by atoms with Crippen LogP contribution >= 0.6 is 0 Å². The van der Waals surface area contributed by atoms with E-state index in [1.165, 1.54) is 0 Å². The number of para-hydroxylation sites is 1. The minimum Gasteiger partial charge on any atom is -0.454 e. The summed E-state index contributed by atoms with van der Waals surface area (Å²) in [6.45, 7) is 1.72. The summed E-state index contributed by atoms with van der Waals surface area (Å²) in [5.41, 5.74) is 2.25. The molecule has 0 amide bonds. The maximum Gasteiger partial charge on any atom is 0.266 e. The van der Waals surface area contributed by atoms with E-state index in [1.807, 2.05) is 30.3 Å². The summed E-state index contributed by atoms with van der Waals surface area (Å²) >= 11 is 0. The Morgan fingerprint density at radius 2 is 2.12 bits per heavy atom. The number of aromatic nitrogens is 1. The Bertz CT molecular complexity index is 834. The smallest absolute Gasteiger partial charge is 0.266 e. The Hall–Kier alpha value is -2.54. The number of hydrogen-bond donors (Lipinski definition) is 1. The van der Waals surface area contributed by atoms with Crippen LogP contribution in [-0.4, -0.2) is 4.98 Å². The van der Waals surface area contributed by atoms with Crippen molar-refractivity contribution in [3.8, 4) is 6.07 Å². The molecule has 0 spiro atoms. The lowest BCUT2D eigenvalue weighted by molar-refractivity contribution is 0.664. The van der Waals surface area contributed by atoms with Gasteiger partial charge >= 0.3 is 0 Å². The molecule has 0 aliphatic carbocycles. The number of fused-ring (bicyclic) bond motifs is 3. The molecule has 0 aliphatic heterocycles. The highest BCUT2D eigenvalue weighted by molar-refractivity contribution is 6.03. The highest BCUT2D eigenvalue weighted by Crippen LogP contribution is 2.28. The van der Waals surface area contributed by atoms with E-state index in [-0.39, 0.29) is 11.1 Å². The lowest BCUT2D eigenvalue weighted by atomic mass is 10.1. The van der Waals surface area contributed by atoms with Crippen molar-refractivity contribution in [1.29, 1.82) is 5.26 Å². The molecule has 2 aromatic heterocycles. The molecular formula is C13H8N2O2. The molecule has 3 rings (SSSR count). The van der Waals surface area contributed by atoms with Crippen molar-refractivity contribution in [1.82, 2.24) is 4.98 Å². The molecule has 0 unspecified atom stereocenters. The van der Waals surface area contributed by atoms with Crippen LogP contribution in [0.3, 0.4) is 0 Å². The van der Waals surface area contributed by atoms with Gasteiger partial charge in [0.2, 0.25) is 0 Å². The molecule has 1 aromatic carbocycles. The summed E-state index contributed by atoms with van der Waals surface area (Å²) < 4.78 is 5.66. The largest absolute Gasteiger partial charge is 0.454 e. The number of aromatic amines is 1. The van der Waals surface area contributed by atoms with Crippen molar-refractivity contribution in [2.45, 2.75) is 6.92 Å². The summed E-state index contributed by atoms with van der Waals surface area (Å²) in [5, 5.41) is 9.78. The summed E-state index contributed by atoms with van der Waals surface area (Å²) in [6.07, 6.45) is 0. The lowest BCUT2D eigenvalue weighted by Crippen LogP contribution is -2.11. The van der Waals surface area contributed by atoms with Gasteiger partial charge in [-0.3, -0.25) is 4.79 Å². The van der Waals surface area contributed by atoms with Gasteiger partial charge in [-0.2, -0.15) is 5.26 Å². The van der Waals surface area contributed by atoms with Crippen LogP contribution in [0, 0.1) is 18.3 Å². The van der Waals surface area contributed by atoms with Crippen molar-refractivity contribution in [3.05, 3.63) is 45.7 Å². The molecule has 2 heterocycles. The van der Waals surface area contributed by atoms with Crippen molar-refractivity contribution in [2.24, 2.45) is 0 Å². The van der Waals surface area contributed by atoms with Crippen LogP contribution in [0.1, 0.15) is 11.1 Å². The molecule has 0 aliphatic rings. The number of benzene rings is 1. The quantitative estimate of drug-likeness (QED) is 0.637. The Labute approximate surface area is 96.1 Å². The minimum absolute atomic E-state index is 0.108. The number of nitriles is 1. The van der Waals surface area contributed by atoms with Gasteiger partial charge in [-0.1, -0.05) is 12.1 Å². The second-order valence-electron chi connectivity index (χ2n) is 3.87. The van der Waals surface area contributed by atoms with Crippen molar-refractivity contribution >= 4 is 22.1 Å². The first-order chi connectivity index (χ1) is 8.22. The predicted molar refractivity (Wildman–Crippen MR) is 63.8 cm³/mol. The summed E-state index contributed by atoms with van der Waals surface area (Å²) in [7, 11) is 0. The molecule has 0 fully saturated rings. The van der Waals surface area contributed by atoms with E-state index in [9.17, 15) is 4.79 Å². The normalized spacial score (nSPS) is 10.8. The molecule has 0 saturated heterocycles. The van der Waals surface area contributed by atoms with Crippen molar-refractivity contribution in [2.75, 3.05) is 0 Å². The number of aryl methyl sites for hydroxylation is 1. The van der Waals surface area contributed by atoms with Gasteiger partial charge in [-0.25, -0.2) is 0 Å². The second-order valence-corrected chi connectivity index (χ2v) is 3.87. The third-order valence-corrected chi connectivity index (χ3v) is 2.89. The van der Waals surface area contributed by atoms with Gasteiger partial charge < -0.3 is 9.40 Å². The first-order valence-electron chi connectivity index (χ1n) is 5.16. The van der Waals surface area contributed by atoms with E-state index >= 15 is 0 Å². The van der Waals surface area contributed by atoms with Crippen LogP contribution in [0.4, 0.5) is 0 Å². The first kappa shape index (κ1) is 9.67. The first-order valence-corrected chi connectivity index (χ1v) is 5.16. The van der Waals surface area contributed by atoms with Crippen LogP contribution in [0.2, 0.25) is 0 Å². The minimum atomic E-state index is -0.371. The number of pyridine rings is 1. The second kappa shape index (κ2) is 3.22. The van der Waals surface area contributed by atoms with E-state index in [0.29, 0.717) is 22.2 Å². The molecule has 4 nitrogen and oxygen atoms in total. The van der Waals surface area contributed by atoms with Crippen LogP contribution < -0.4 is 5.56 Å². The number of nitrogens with zero attached hydrogens (tertiary/aromatic N) is 1. The molecule has 3 aromatic rings. The van der Waals surface area contributed by atoms with Crippen molar-refractivity contribution < 1.29 is 4.42 Å². The SMILES string of the molecule is Cc1c(C#N)c(=O)[nH]c2c1oc1ccccc12. The predicted octanol–water partition coefficient (Wildman–Crippen LogP) is 2.45. The fraction of sp³-hybridized carbons (Fsp3) is 0.0769. The van der Waals surface area contributed by atoms with Gasteiger partial charge in [0.15, 0.2) is 5.58 Å². The lowest BCUT2D eigenvalue weighted by Gasteiger charge is -1.96. The molecule has 17 heavy (non-hydrogen) atoms. The van der Waals surface area contributed by atoms with E-state index in [2.05, 4.69) is 4.98 Å². The van der Waals surface area contributed by atoms with Crippen LogP contribution in [0.5, 0.6) is 0 Å². The van der Waals surface area contributed by atoms with Gasteiger partial charge in [-0.15, -0.1) is 0 Å². The number of rotatable bonds is 0. The average Bonchev–Trinajstić information content (AvgIpc) is 2.69. The van der Waals surface area contributed by atoms with Crippen LogP contribution in [-0.2, 0) is 0 Å².